The Bertz CT molecular complexity index is 3440. The van der Waals surface area contributed by atoms with Gasteiger partial charge in [-0.05, 0) is 127 Å². The second-order valence-electron chi connectivity index (χ2n) is 18.0. The average molecular weight is 817 g/mol. The largest absolute Gasteiger partial charge is 0.310 e. The number of benzene rings is 10. The highest BCUT2D eigenvalue weighted by Gasteiger charge is 2.54. The fourth-order valence-corrected chi connectivity index (χ4v) is 11.8. The van der Waals surface area contributed by atoms with Crippen LogP contribution in [0.15, 0.2) is 231 Å². The third kappa shape index (κ3) is 4.97. The molecule has 1 unspecified atom stereocenters. The molecule has 0 N–H and O–H groups in total. The maximum absolute atomic E-state index is 2.60. The Labute approximate surface area is 375 Å². The molecule has 10 aromatic carbocycles. The third-order valence-electron chi connectivity index (χ3n) is 14.4. The van der Waals surface area contributed by atoms with E-state index in [9.17, 15) is 0 Å². The summed E-state index contributed by atoms with van der Waals surface area (Å²) in [6.45, 7) is 4.76. The molecule has 1 atom stereocenters. The van der Waals surface area contributed by atoms with Gasteiger partial charge in [-0.25, -0.2) is 0 Å². The zero-order chi connectivity index (χ0) is 42.6. The van der Waals surface area contributed by atoms with E-state index < -0.39 is 5.41 Å². The van der Waals surface area contributed by atoms with Gasteiger partial charge in [0.1, 0.15) is 0 Å². The van der Waals surface area contributed by atoms with Crippen molar-refractivity contribution in [1.82, 2.24) is 0 Å². The van der Waals surface area contributed by atoms with Crippen molar-refractivity contribution < 1.29 is 0 Å². The van der Waals surface area contributed by atoms with Crippen molar-refractivity contribution in [1.29, 1.82) is 0 Å². The fraction of sp³-hybridized carbons (Fsp3) is 0.0645. The molecule has 0 fully saturated rings. The Morgan fingerprint density at radius 3 is 1.48 bits per heavy atom. The summed E-state index contributed by atoms with van der Waals surface area (Å²) in [5.41, 5.74) is 21.7. The SMILES string of the molecule is CC1(C)c2ccccc2-c2c(N(c3ccccc3)c3cc4ccccc4c4c3C3(c5ccccc5-c5ccc(N(c6ccccc6)c6ccccc6)cc53)c3ccccc3-4)cccc21. The molecular weight excluding hydrogens is 773 g/mol. The summed E-state index contributed by atoms with van der Waals surface area (Å²) in [4.78, 5) is 5.00. The highest BCUT2D eigenvalue weighted by atomic mass is 15.2. The predicted molar refractivity (Wildman–Crippen MR) is 267 cm³/mol. The van der Waals surface area contributed by atoms with Gasteiger partial charge in [-0.2, -0.15) is 0 Å². The summed E-state index contributed by atoms with van der Waals surface area (Å²) < 4.78 is 0. The van der Waals surface area contributed by atoms with Crippen LogP contribution in [0.4, 0.5) is 34.1 Å². The topological polar surface area (TPSA) is 6.48 Å². The molecular formula is C62H44N2. The predicted octanol–water partition coefficient (Wildman–Crippen LogP) is 16.4. The highest BCUT2D eigenvalue weighted by Crippen LogP contribution is 2.67. The molecule has 0 saturated heterocycles. The van der Waals surface area contributed by atoms with E-state index in [1.54, 1.807) is 0 Å². The molecule has 3 aliphatic carbocycles. The molecule has 0 aromatic heterocycles. The summed E-state index contributed by atoms with van der Waals surface area (Å²) in [6, 6.07) is 85.9. The first-order valence-electron chi connectivity index (χ1n) is 22.4. The van der Waals surface area contributed by atoms with Gasteiger partial charge in [-0.3, -0.25) is 0 Å². The lowest BCUT2D eigenvalue weighted by molar-refractivity contribution is 0.660. The van der Waals surface area contributed by atoms with Gasteiger partial charge in [0.05, 0.1) is 16.8 Å². The van der Waals surface area contributed by atoms with E-state index >= 15 is 0 Å². The minimum absolute atomic E-state index is 0.157. The van der Waals surface area contributed by atoms with Crippen LogP contribution < -0.4 is 9.80 Å². The maximum atomic E-state index is 2.60. The molecule has 2 nitrogen and oxygen atoms in total. The molecule has 10 aromatic rings. The van der Waals surface area contributed by atoms with Gasteiger partial charge in [-0.15, -0.1) is 0 Å². The number of nitrogens with zero attached hydrogens (tertiary/aromatic N) is 2. The number of fused-ring (bicyclic) bond motifs is 15. The number of anilines is 6. The van der Waals surface area contributed by atoms with E-state index in [0.717, 1.165) is 22.7 Å². The molecule has 0 amide bonds. The summed E-state index contributed by atoms with van der Waals surface area (Å²) in [5, 5.41) is 2.48. The van der Waals surface area contributed by atoms with Gasteiger partial charge in [0, 0.05) is 39.3 Å². The minimum Gasteiger partial charge on any atom is -0.310 e. The van der Waals surface area contributed by atoms with Gasteiger partial charge >= 0.3 is 0 Å². The van der Waals surface area contributed by atoms with Crippen LogP contribution in [0.1, 0.15) is 47.2 Å². The smallest absolute Gasteiger partial charge is 0.0747 e. The standard InChI is InChI=1S/C62H44N2/c1-61(2)51-32-17-15-30-49(51)59-54(61)35-20-36-56(59)64(44-26-10-5-11-27-44)57-39-41-21-12-13-28-46(41)58-50-31-16-19-34-53(50)62(60(57)58)52-33-18-14-29-47(52)48-38-37-45(40-55(48)62)63(42-22-6-3-7-23-42)43-24-8-4-9-25-43/h3-40H,1-2H3. The lowest BCUT2D eigenvalue weighted by atomic mass is 9.69. The van der Waals surface area contributed by atoms with E-state index in [0.29, 0.717) is 0 Å². The first-order valence-corrected chi connectivity index (χ1v) is 22.4. The molecule has 0 radical (unpaired) electrons. The molecule has 2 heteroatoms. The number of hydrogen-bond acceptors (Lipinski definition) is 2. The average Bonchev–Trinajstić information content (AvgIpc) is 3.92. The lowest BCUT2D eigenvalue weighted by Gasteiger charge is -2.37. The highest BCUT2D eigenvalue weighted by molar-refractivity contribution is 6.11. The molecule has 0 heterocycles. The number of rotatable bonds is 6. The molecule has 64 heavy (non-hydrogen) atoms. The van der Waals surface area contributed by atoms with Crippen molar-refractivity contribution in [3.8, 4) is 33.4 Å². The Hall–Kier alpha value is -7.94. The van der Waals surface area contributed by atoms with E-state index in [1.807, 2.05) is 0 Å². The quantitative estimate of drug-likeness (QED) is 0.165. The van der Waals surface area contributed by atoms with Crippen LogP contribution in [0, 0.1) is 0 Å². The monoisotopic (exact) mass is 816 g/mol. The van der Waals surface area contributed by atoms with E-state index in [1.165, 1.54) is 88.9 Å². The Balaban J connectivity index is 1.18. The van der Waals surface area contributed by atoms with Crippen LogP contribution in [0.5, 0.6) is 0 Å². The van der Waals surface area contributed by atoms with Gasteiger partial charge < -0.3 is 9.80 Å². The van der Waals surface area contributed by atoms with E-state index in [4.69, 9.17) is 0 Å². The van der Waals surface area contributed by atoms with E-state index in [2.05, 4.69) is 254 Å². The molecule has 302 valence electrons. The van der Waals surface area contributed by atoms with Crippen molar-refractivity contribution in [2.24, 2.45) is 0 Å². The molecule has 3 aliphatic rings. The summed E-state index contributed by atoms with van der Waals surface area (Å²) in [5.74, 6) is 0. The third-order valence-corrected chi connectivity index (χ3v) is 14.4. The van der Waals surface area contributed by atoms with Crippen molar-refractivity contribution in [3.05, 3.63) is 264 Å². The van der Waals surface area contributed by atoms with Crippen molar-refractivity contribution in [3.63, 3.8) is 0 Å². The number of hydrogen-bond donors (Lipinski definition) is 0. The summed E-state index contributed by atoms with van der Waals surface area (Å²) >= 11 is 0. The van der Waals surface area contributed by atoms with Gasteiger partial charge in [0.25, 0.3) is 0 Å². The minimum atomic E-state index is -0.658. The zero-order valence-electron chi connectivity index (χ0n) is 35.8. The van der Waals surface area contributed by atoms with Crippen molar-refractivity contribution in [2.45, 2.75) is 24.7 Å². The van der Waals surface area contributed by atoms with Crippen LogP contribution in [0.2, 0.25) is 0 Å². The van der Waals surface area contributed by atoms with Crippen LogP contribution in [-0.4, -0.2) is 0 Å². The van der Waals surface area contributed by atoms with Crippen molar-refractivity contribution in [2.75, 3.05) is 9.80 Å². The Morgan fingerprint density at radius 2 is 0.812 bits per heavy atom. The summed E-state index contributed by atoms with van der Waals surface area (Å²) in [7, 11) is 0. The lowest BCUT2D eigenvalue weighted by Crippen LogP contribution is -2.29. The van der Waals surface area contributed by atoms with Crippen LogP contribution in [0.25, 0.3) is 44.2 Å². The molecule has 0 aliphatic heterocycles. The molecule has 13 rings (SSSR count). The Kier molecular flexibility index (Phi) is 7.90. The second-order valence-corrected chi connectivity index (χ2v) is 18.0. The normalized spacial score (nSPS) is 15.5. The van der Waals surface area contributed by atoms with Crippen molar-refractivity contribution >= 4 is 44.9 Å². The second kappa shape index (κ2) is 13.8. The maximum Gasteiger partial charge on any atom is 0.0747 e. The first kappa shape index (κ1) is 36.7. The van der Waals surface area contributed by atoms with Gasteiger partial charge in [-0.1, -0.05) is 184 Å². The molecule has 1 spiro atoms. The Morgan fingerprint density at radius 1 is 0.312 bits per heavy atom. The van der Waals surface area contributed by atoms with E-state index in [-0.39, 0.29) is 5.41 Å². The van der Waals surface area contributed by atoms with Crippen LogP contribution >= 0.6 is 0 Å². The fourth-order valence-electron chi connectivity index (χ4n) is 11.8. The first-order chi connectivity index (χ1) is 31.5. The molecule has 0 saturated carbocycles. The molecule has 0 bridgehead atoms. The summed E-state index contributed by atoms with van der Waals surface area (Å²) in [6.07, 6.45) is 0. The van der Waals surface area contributed by atoms with Gasteiger partial charge in [0.2, 0.25) is 0 Å². The van der Waals surface area contributed by atoms with Gasteiger partial charge in [0.15, 0.2) is 0 Å². The zero-order valence-corrected chi connectivity index (χ0v) is 35.8. The number of para-hydroxylation sites is 3. The van der Waals surface area contributed by atoms with Crippen LogP contribution in [-0.2, 0) is 10.8 Å². The van der Waals surface area contributed by atoms with Crippen LogP contribution in [0.3, 0.4) is 0 Å².